The van der Waals surface area contributed by atoms with Crippen LogP contribution in [0, 0.1) is 20.8 Å². The highest BCUT2D eigenvalue weighted by Crippen LogP contribution is 2.26. The Morgan fingerprint density at radius 1 is 1.24 bits per heavy atom. The zero-order valence-electron chi connectivity index (χ0n) is 12.5. The molecule has 0 radical (unpaired) electrons. The number of thiazole rings is 1. The summed E-state index contributed by atoms with van der Waals surface area (Å²) in [5.74, 6) is 1.02. The van der Waals surface area contributed by atoms with Crippen LogP contribution in [-0.2, 0) is 23.1 Å². The molecular formula is C13H19N3O3S2. The van der Waals surface area contributed by atoms with Crippen molar-refractivity contribution < 1.29 is 12.8 Å². The third-order valence-corrected chi connectivity index (χ3v) is 5.48. The normalized spacial score (nSPS) is 12.0. The van der Waals surface area contributed by atoms with Gasteiger partial charge in [-0.1, -0.05) is 0 Å². The lowest BCUT2D eigenvalue weighted by molar-refractivity contribution is 0.493. The number of furan rings is 1. The average Bonchev–Trinajstić information content (AvgIpc) is 2.92. The van der Waals surface area contributed by atoms with Gasteiger partial charge in [-0.3, -0.25) is 0 Å². The fourth-order valence-electron chi connectivity index (χ4n) is 2.17. The Labute approximate surface area is 128 Å². The van der Waals surface area contributed by atoms with Crippen molar-refractivity contribution in [3.63, 3.8) is 0 Å². The summed E-state index contributed by atoms with van der Waals surface area (Å²) in [5.41, 5.74) is 1.38. The van der Waals surface area contributed by atoms with Gasteiger partial charge in [0.2, 0.25) is 10.0 Å². The maximum absolute atomic E-state index is 12.5. The molecule has 0 aliphatic rings. The zero-order valence-corrected chi connectivity index (χ0v) is 14.1. The standard InChI is InChI=1S/C13H19N3O3S2/c1-8-12(6-14-4)13(9(2)19-8)21(17,18)15-5-11-7-20-10(3)16-11/h7,14-15H,5-6H2,1-4H3. The molecule has 21 heavy (non-hydrogen) atoms. The van der Waals surface area contributed by atoms with Gasteiger partial charge in [0.1, 0.15) is 16.4 Å². The van der Waals surface area contributed by atoms with E-state index < -0.39 is 10.0 Å². The van der Waals surface area contributed by atoms with Gasteiger partial charge in [0.15, 0.2) is 0 Å². The Hall–Kier alpha value is -1.22. The predicted octanol–water partition coefficient (Wildman–Crippen LogP) is 1.86. The maximum atomic E-state index is 12.5. The van der Waals surface area contributed by atoms with E-state index >= 15 is 0 Å². The molecule has 2 rings (SSSR count). The molecule has 0 unspecified atom stereocenters. The van der Waals surface area contributed by atoms with Crippen LogP contribution < -0.4 is 10.0 Å². The molecule has 0 fully saturated rings. The molecule has 0 atom stereocenters. The average molecular weight is 329 g/mol. The van der Waals surface area contributed by atoms with Gasteiger partial charge in [0.25, 0.3) is 0 Å². The van der Waals surface area contributed by atoms with E-state index in [0.717, 1.165) is 5.01 Å². The van der Waals surface area contributed by atoms with Crippen LogP contribution in [0.3, 0.4) is 0 Å². The van der Waals surface area contributed by atoms with E-state index in [0.29, 0.717) is 29.3 Å². The van der Waals surface area contributed by atoms with E-state index in [4.69, 9.17) is 4.42 Å². The lowest BCUT2D eigenvalue weighted by Gasteiger charge is -2.07. The maximum Gasteiger partial charge on any atom is 0.244 e. The molecular weight excluding hydrogens is 310 g/mol. The zero-order chi connectivity index (χ0) is 15.6. The molecule has 8 heteroatoms. The molecule has 0 aromatic carbocycles. The number of hydrogen-bond acceptors (Lipinski definition) is 6. The summed E-state index contributed by atoms with van der Waals surface area (Å²) in [6, 6.07) is 0. The first-order valence-corrected chi connectivity index (χ1v) is 8.85. The molecule has 0 spiro atoms. The largest absolute Gasteiger partial charge is 0.465 e. The number of nitrogens with zero attached hydrogens (tertiary/aromatic N) is 1. The summed E-state index contributed by atoms with van der Waals surface area (Å²) in [5, 5.41) is 5.72. The van der Waals surface area contributed by atoms with Crippen molar-refractivity contribution >= 4 is 21.4 Å². The van der Waals surface area contributed by atoms with Crippen molar-refractivity contribution in [1.29, 1.82) is 0 Å². The molecule has 0 saturated heterocycles. The van der Waals surface area contributed by atoms with E-state index in [1.54, 1.807) is 20.9 Å². The van der Waals surface area contributed by atoms with Gasteiger partial charge in [-0.15, -0.1) is 11.3 Å². The Morgan fingerprint density at radius 2 is 1.95 bits per heavy atom. The summed E-state index contributed by atoms with van der Waals surface area (Å²) in [4.78, 5) is 4.47. The number of aryl methyl sites for hydroxylation is 3. The summed E-state index contributed by atoms with van der Waals surface area (Å²) in [6.07, 6.45) is 0. The first-order valence-electron chi connectivity index (χ1n) is 6.49. The third-order valence-electron chi connectivity index (χ3n) is 3.06. The van der Waals surface area contributed by atoms with E-state index in [2.05, 4.69) is 15.0 Å². The van der Waals surface area contributed by atoms with Crippen molar-refractivity contribution in [1.82, 2.24) is 15.0 Å². The lowest BCUT2D eigenvalue weighted by atomic mass is 10.2. The van der Waals surface area contributed by atoms with E-state index in [-0.39, 0.29) is 11.4 Å². The fraction of sp³-hybridized carbons (Fsp3) is 0.462. The first-order chi connectivity index (χ1) is 9.85. The van der Waals surface area contributed by atoms with Crippen LogP contribution in [0.2, 0.25) is 0 Å². The number of rotatable bonds is 6. The third kappa shape index (κ3) is 3.52. The van der Waals surface area contributed by atoms with Gasteiger partial charge in [-0.2, -0.15) is 0 Å². The van der Waals surface area contributed by atoms with Crippen molar-refractivity contribution in [3.05, 3.63) is 33.2 Å². The molecule has 0 aliphatic heterocycles. The highest BCUT2D eigenvalue weighted by atomic mass is 32.2. The minimum atomic E-state index is -3.63. The second-order valence-corrected chi connectivity index (χ2v) is 7.50. The molecule has 0 amide bonds. The van der Waals surface area contributed by atoms with Gasteiger partial charge >= 0.3 is 0 Å². The second kappa shape index (κ2) is 6.27. The van der Waals surface area contributed by atoms with Crippen molar-refractivity contribution in [3.8, 4) is 0 Å². The number of nitrogens with one attached hydrogen (secondary N) is 2. The lowest BCUT2D eigenvalue weighted by Crippen LogP contribution is -2.25. The van der Waals surface area contributed by atoms with E-state index in [1.165, 1.54) is 11.3 Å². The Bertz CT molecular complexity index is 732. The van der Waals surface area contributed by atoms with Crippen LogP contribution in [-0.4, -0.2) is 20.4 Å². The smallest absolute Gasteiger partial charge is 0.244 e. The summed E-state index contributed by atoms with van der Waals surface area (Å²) >= 11 is 1.49. The van der Waals surface area contributed by atoms with Gasteiger partial charge in [0.05, 0.1) is 17.2 Å². The van der Waals surface area contributed by atoms with Crippen molar-refractivity contribution in [2.75, 3.05) is 7.05 Å². The minimum Gasteiger partial charge on any atom is -0.465 e. The van der Waals surface area contributed by atoms with Crippen LogP contribution in [0.25, 0.3) is 0 Å². The van der Waals surface area contributed by atoms with Gasteiger partial charge in [0, 0.05) is 17.5 Å². The van der Waals surface area contributed by atoms with Gasteiger partial charge in [-0.05, 0) is 27.8 Å². The van der Waals surface area contributed by atoms with Crippen LogP contribution >= 0.6 is 11.3 Å². The summed E-state index contributed by atoms with van der Waals surface area (Å²) in [7, 11) is -1.86. The van der Waals surface area contributed by atoms with Crippen LogP contribution in [0.4, 0.5) is 0 Å². The van der Waals surface area contributed by atoms with Crippen LogP contribution in [0.15, 0.2) is 14.7 Å². The number of sulfonamides is 1. The molecule has 116 valence electrons. The highest BCUT2D eigenvalue weighted by Gasteiger charge is 2.26. The Kier molecular flexibility index (Phi) is 4.82. The Balaban J connectivity index is 2.27. The predicted molar refractivity (Wildman–Crippen MR) is 81.8 cm³/mol. The summed E-state index contributed by atoms with van der Waals surface area (Å²) in [6.45, 7) is 5.93. The highest BCUT2D eigenvalue weighted by molar-refractivity contribution is 7.89. The van der Waals surface area contributed by atoms with Crippen molar-refractivity contribution in [2.24, 2.45) is 0 Å². The van der Waals surface area contributed by atoms with E-state index in [1.807, 2.05) is 12.3 Å². The van der Waals surface area contributed by atoms with Crippen LogP contribution in [0.1, 0.15) is 27.8 Å². The topological polar surface area (TPSA) is 84.2 Å². The molecule has 0 aliphatic carbocycles. The second-order valence-electron chi connectivity index (χ2n) is 4.73. The van der Waals surface area contributed by atoms with Gasteiger partial charge < -0.3 is 9.73 Å². The van der Waals surface area contributed by atoms with Crippen molar-refractivity contribution in [2.45, 2.75) is 38.8 Å². The summed E-state index contributed by atoms with van der Waals surface area (Å²) < 4.78 is 33.1. The van der Waals surface area contributed by atoms with E-state index in [9.17, 15) is 8.42 Å². The molecule has 0 saturated carbocycles. The molecule has 2 N–H and O–H groups in total. The SMILES string of the molecule is CNCc1c(C)oc(C)c1S(=O)(=O)NCc1csc(C)n1. The monoisotopic (exact) mass is 329 g/mol. The molecule has 2 aromatic rings. The molecule has 2 heterocycles. The Morgan fingerprint density at radius 3 is 2.52 bits per heavy atom. The first kappa shape index (κ1) is 16.2. The fourth-order valence-corrected chi connectivity index (χ4v) is 4.23. The molecule has 6 nitrogen and oxygen atoms in total. The molecule has 2 aromatic heterocycles. The quantitative estimate of drug-likeness (QED) is 0.845. The number of hydrogen-bond donors (Lipinski definition) is 2. The van der Waals surface area contributed by atoms with Gasteiger partial charge in [-0.25, -0.2) is 18.1 Å². The molecule has 0 bridgehead atoms. The minimum absolute atomic E-state index is 0.176. The van der Waals surface area contributed by atoms with Crippen LogP contribution in [0.5, 0.6) is 0 Å². The number of aromatic nitrogens is 1.